The molecule has 5 rings (SSSR count). The SMILES string of the molecule is OC(c1ccccc1)(c1ccccc1)[C@H](Cc1ccccc1)N1CC[C@@H]2CCC[C@@H]21. The van der Waals surface area contributed by atoms with Gasteiger partial charge in [-0.1, -0.05) is 97.4 Å². The summed E-state index contributed by atoms with van der Waals surface area (Å²) in [7, 11) is 0. The lowest BCUT2D eigenvalue weighted by atomic mass is 9.76. The third-order valence-electron chi connectivity index (χ3n) is 7.39. The van der Waals surface area contributed by atoms with Gasteiger partial charge in [-0.25, -0.2) is 0 Å². The lowest BCUT2D eigenvalue weighted by molar-refractivity contribution is -0.0279. The molecular weight excluding hydrogens is 366 g/mol. The Morgan fingerprint density at radius 2 is 1.33 bits per heavy atom. The average molecular weight is 398 g/mol. The predicted octanol–water partition coefficient (Wildman–Crippen LogP) is 5.41. The summed E-state index contributed by atoms with van der Waals surface area (Å²) in [6.45, 7) is 1.08. The molecule has 2 aliphatic rings. The fourth-order valence-electron chi connectivity index (χ4n) is 5.94. The average Bonchev–Trinajstić information content (AvgIpc) is 3.43. The summed E-state index contributed by atoms with van der Waals surface area (Å²) in [6, 6.07) is 31.9. The maximum Gasteiger partial charge on any atom is 0.130 e. The molecule has 0 unspecified atom stereocenters. The minimum Gasteiger partial charge on any atom is -0.379 e. The highest BCUT2D eigenvalue weighted by Gasteiger charge is 2.49. The zero-order valence-corrected chi connectivity index (χ0v) is 17.5. The van der Waals surface area contributed by atoms with Crippen molar-refractivity contribution in [3.8, 4) is 0 Å². The van der Waals surface area contributed by atoms with Crippen LogP contribution >= 0.6 is 0 Å². The molecule has 2 nitrogen and oxygen atoms in total. The number of aliphatic hydroxyl groups is 1. The highest BCUT2D eigenvalue weighted by molar-refractivity contribution is 5.39. The first kappa shape index (κ1) is 19.5. The van der Waals surface area contributed by atoms with Crippen molar-refractivity contribution < 1.29 is 5.11 Å². The molecule has 3 atom stereocenters. The summed E-state index contributed by atoms with van der Waals surface area (Å²) >= 11 is 0. The first-order valence-electron chi connectivity index (χ1n) is 11.4. The fourth-order valence-corrected chi connectivity index (χ4v) is 5.94. The summed E-state index contributed by atoms with van der Waals surface area (Å²) in [6.07, 6.45) is 6.02. The van der Waals surface area contributed by atoms with E-state index < -0.39 is 5.60 Å². The Morgan fingerprint density at radius 3 is 1.93 bits per heavy atom. The highest BCUT2D eigenvalue weighted by Crippen LogP contribution is 2.45. The zero-order valence-electron chi connectivity index (χ0n) is 17.5. The molecule has 2 heteroatoms. The molecule has 1 N–H and O–H groups in total. The fraction of sp³-hybridized carbons (Fsp3) is 0.357. The van der Waals surface area contributed by atoms with Crippen molar-refractivity contribution in [2.45, 2.75) is 49.8 Å². The van der Waals surface area contributed by atoms with Gasteiger partial charge < -0.3 is 5.11 Å². The van der Waals surface area contributed by atoms with Gasteiger partial charge in [0.2, 0.25) is 0 Å². The number of fused-ring (bicyclic) bond motifs is 1. The van der Waals surface area contributed by atoms with E-state index in [1.54, 1.807) is 0 Å². The largest absolute Gasteiger partial charge is 0.379 e. The smallest absolute Gasteiger partial charge is 0.130 e. The van der Waals surface area contributed by atoms with Crippen molar-refractivity contribution in [1.82, 2.24) is 4.90 Å². The second-order valence-electron chi connectivity index (χ2n) is 8.99. The van der Waals surface area contributed by atoms with Crippen LogP contribution in [0.5, 0.6) is 0 Å². The number of benzene rings is 3. The molecule has 0 amide bonds. The van der Waals surface area contributed by atoms with E-state index in [-0.39, 0.29) is 6.04 Å². The summed E-state index contributed by atoms with van der Waals surface area (Å²) in [4.78, 5) is 2.66. The molecule has 1 aliphatic heterocycles. The van der Waals surface area contributed by atoms with Crippen LogP contribution in [0.25, 0.3) is 0 Å². The Labute approximate surface area is 180 Å². The standard InChI is InChI=1S/C28H31NO/c30-28(24-14-6-2-7-15-24,25-16-8-3-9-17-25)27(21-22-11-4-1-5-12-22)29-20-19-23-13-10-18-26(23)29/h1-9,11-12,14-17,23,26-27,30H,10,13,18-21H2/t23-,26-,27-/m0/s1. The molecule has 30 heavy (non-hydrogen) atoms. The van der Waals surface area contributed by atoms with E-state index in [2.05, 4.69) is 59.5 Å². The molecule has 1 saturated carbocycles. The topological polar surface area (TPSA) is 23.5 Å². The van der Waals surface area contributed by atoms with E-state index in [4.69, 9.17) is 0 Å². The first-order chi connectivity index (χ1) is 14.8. The van der Waals surface area contributed by atoms with Crippen LogP contribution in [0.15, 0.2) is 91.0 Å². The number of likely N-dealkylation sites (tertiary alicyclic amines) is 1. The van der Waals surface area contributed by atoms with Crippen LogP contribution in [-0.2, 0) is 12.0 Å². The van der Waals surface area contributed by atoms with Crippen molar-refractivity contribution >= 4 is 0 Å². The second-order valence-corrected chi connectivity index (χ2v) is 8.99. The van der Waals surface area contributed by atoms with E-state index in [1.165, 1.54) is 31.2 Å². The third kappa shape index (κ3) is 3.49. The highest BCUT2D eigenvalue weighted by atomic mass is 16.3. The van der Waals surface area contributed by atoms with Gasteiger partial charge in [0.1, 0.15) is 5.60 Å². The van der Waals surface area contributed by atoms with Gasteiger partial charge in [-0.2, -0.15) is 0 Å². The van der Waals surface area contributed by atoms with Crippen LogP contribution in [0, 0.1) is 5.92 Å². The molecule has 0 spiro atoms. The Hall–Kier alpha value is -2.42. The van der Waals surface area contributed by atoms with Crippen LogP contribution in [-0.4, -0.2) is 28.6 Å². The van der Waals surface area contributed by atoms with E-state index in [0.717, 1.165) is 30.0 Å². The normalized spacial score (nSPS) is 22.7. The summed E-state index contributed by atoms with van der Waals surface area (Å²) in [5, 5.41) is 12.6. The molecule has 0 aromatic heterocycles. The number of hydrogen-bond acceptors (Lipinski definition) is 2. The maximum absolute atomic E-state index is 12.6. The van der Waals surface area contributed by atoms with E-state index in [0.29, 0.717) is 6.04 Å². The predicted molar refractivity (Wildman–Crippen MR) is 122 cm³/mol. The molecular formula is C28H31NO. The number of hydrogen-bond donors (Lipinski definition) is 1. The van der Waals surface area contributed by atoms with E-state index >= 15 is 0 Å². The molecule has 1 aliphatic carbocycles. The van der Waals surface area contributed by atoms with Gasteiger partial charge in [0.15, 0.2) is 0 Å². The lowest BCUT2D eigenvalue weighted by Crippen LogP contribution is -2.54. The minimum absolute atomic E-state index is 0.00204. The third-order valence-corrected chi connectivity index (χ3v) is 7.39. The Balaban J connectivity index is 1.64. The van der Waals surface area contributed by atoms with Gasteiger partial charge in [-0.15, -0.1) is 0 Å². The van der Waals surface area contributed by atoms with Crippen LogP contribution in [0.4, 0.5) is 0 Å². The molecule has 0 bridgehead atoms. The number of nitrogens with zero attached hydrogens (tertiary/aromatic N) is 1. The molecule has 0 radical (unpaired) electrons. The second kappa shape index (κ2) is 8.37. The molecule has 3 aromatic carbocycles. The Kier molecular flexibility index (Phi) is 5.45. The molecule has 1 heterocycles. The van der Waals surface area contributed by atoms with Crippen LogP contribution in [0.1, 0.15) is 42.4 Å². The molecule has 154 valence electrons. The minimum atomic E-state index is -1.06. The van der Waals surface area contributed by atoms with Gasteiger partial charge >= 0.3 is 0 Å². The van der Waals surface area contributed by atoms with Crippen LogP contribution in [0.3, 0.4) is 0 Å². The molecule has 1 saturated heterocycles. The molecule has 2 fully saturated rings. The van der Waals surface area contributed by atoms with Crippen molar-refractivity contribution in [1.29, 1.82) is 0 Å². The van der Waals surface area contributed by atoms with Gasteiger partial charge in [-0.3, -0.25) is 4.90 Å². The van der Waals surface area contributed by atoms with Gasteiger partial charge in [0.25, 0.3) is 0 Å². The van der Waals surface area contributed by atoms with Crippen molar-refractivity contribution in [3.63, 3.8) is 0 Å². The summed E-state index contributed by atoms with van der Waals surface area (Å²) < 4.78 is 0. The van der Waals surface area contributed by atoms with E-state index in [9.17, 15) is 5.11 Å². The summed E-state index contributed by atoms with van der Waals surface area (Å²) in [5.41, 5.74) is 2.20. The molecule has 3 aromatic rings. The van der Waals surface area contributed by atoms with Crippen molar-refractivity contribution in [2.24, 2.45) is 5.92 Å². The summed E-state index contributed by atoms with van der Waals surface area (Å²) in [5.74, 6) is 0.791. The quantitative estimate of drug-likeness (QED) is 0.601. The maximum atomic E-state index is 12.6. The van der Waals surface area contributed by atoms with Crippen molar-refractivity contribution in [2.75, 3.05) is 6.54 Å². The zero-order chi connectivity index (χ0) is 20.4. The van der Waals surface area contributed by atoms with Crippen LogP contribution in [0.2, 0.25) is 0 Å². The Bertz CT molecular complexity index is 901. The number of rotatable bonds is 6. The van der Waals surface area contributed by atoms with Crippen molar-refractivity contribution in [3.05, 3.63) is 108 Å². The first-order valence-corrected chi connectivity index (χ1v) is 11.4. The van der Waals surface area contributed by atoms with Gasteiger partial charge in [0.05, 0.1) is 6.04 Å². The Morgan fingerprint density at radius 1 is 0.767 bits per heavy atom. The van der Waals surface area contributed by atoms with Crippen LogP contribution < -0.4 is 0 Å². The lowest BCUT2D eigenvalue weighted by Gasteiger charge is -2.44. The monoisotopic (exact) mass is 397 g/mol. The van der Waals surface area contributed by atoms with Gasteiger partial charge in [0, 0.05) is 6.04 Å². The van der Waals surface area contributed by atoms with E-state index in [1.807, 2.05) is 36.4 Å². The van der Waals surface area contributed by atoms with Gasteiger partial charge in [-0.05, 0) is 54.8 Å².